The quantitative estimate of drug-likeness (QED) is 0.318. The van der Waals surface area contributed by atoms with Gasteiger partial charge in [-0.3, -0.25) is 0 Å². The lowest BCUT2D eigenvalue weighted by atomic mass is 10.8. The molecule has 0 aromatic rings. The Balaban J connectivity index is 3.28. The molecule has 0 amide bonds. The molecule has 0 aliphatic carbocycles. The number of carboxylic acid groups (broad SMARTS) is 1. The second-order valence-corrected chi connectivity index (χ2v) is 1.00. The van der Waals surface area contributed by atoms with Crippen LogP contribution in [-0.4, -0.2) is 23.9 Å². The summed E-state index contributed by atoms with van der Waals surface area (Å²) < 4.78 is 0. The van der Waals surface area contributed by atoms with Gasteiger partial charge < -0.3 is 9.94 Å². The molecule has 0 aromatic carbocycles. The molecule has 0 atom stereocenters. The Labute approximate surface area is 51.1 Å². The lowest BCUT2D eigenvalue weighted by molar-refractivity contribution is -0.129. The highest BCUT2D eigenvalue weighted by molar-refractivity contribution is 6.21. The highest BCUT2D eigenvalue weighted by Gasteiger charge is 1.84. The summed E-state index contributed by atoms with van der Waals surface area (Å²) in [5, 5.41) is 18.6. The molecule has 9 heavy (non-hydrogen) atoms. The molecule has 5 heteroatoms. The van der Waals surface area contributed by atoms with E-state index in [1.165, 1.54) is 0 Å². The largest absolute Gasteiger partial charge is 0.477 e. The summed E-state index contributed by atoms with van der Waals surface area (Å²) in [4.78, 5) is 13.8. The number of carbonyl (C=O) groups is 1. The number of hydrogen-bond donors (Lipinski definition) is 1. The molecule has 48 valence electrons. The molecule has 1 N–H and O–H groups in total. The van der Waals surface area contributed by atoms with Crippen molar-refractivity contribution in [3.05, 3.63) is 0 Å². The molecular weight excluding hydrogens is 124 g/mol. The van der Waals surface area contributed by atoms with Crippen LogP contribution in [0.4, 0.5) is 0 Å². The minimum absolute atomic E-state index is 0.232. The Bertz CT molecular complexity index is 158. The van der Waals surface area contributed by atoms with E-state index in [9.17, 15) is 4.79 Å². The zero-order valence-electron chi connectivity index (χ0n) is 4.44. The summed E-state index contributed by atoms with van der Waals surface area (Å²) in [6, 6.07) is 1.61. The summed E-state index contributed by atoms with van der Waals surface area (Å²) in [5.41, 5.74) is 0. The van der Waals surface area contributed by atoms with E-state index in [0.29, 0.717) is 6.21 Å². The maximum atomic E-state index is 9.65. The molecule has 5 nitrogen and oxygen atoms in total. The Morgan fingerprint density at radius 2 is 2.67 bits per heavy atom. The van der Waals surface area contributed by atoms with Crippen LogP contribution in [0.15, 0.2) is 5.16 Å². The first-order valence-corrected chi connectivity index (χ1v) is 2.02. The van der Waals surface area contributed by atoms with Gasteiger partial charge in [0.25, 0.3) is 0 Å². The van der Waals surface area contributed by atoms with Crippen LogP contribution in [0.1, 0.15) is 0 Å². The van der Waals surface area contributed by atoms with Gasteiger partial charge >= 0.3 is 5.97 Å². The molecule has 0 saturated heterocycles. The molecule has 0 radical (unpaired) electrons. The van der Waals surface area contributed by atoms with Crippen LogP contribution < -0.4 is 0 Å². The van der Waals surface area contributed by atoms with Gasteiger partial charge in [0.1, 0.15) is 6.07 Å². The van der Waals surface area contributed by atoms with Gasteiger partial charge in [-0.1, -0.05) is 5.16 Å². The topological polar surface area (TPSA) is 82.7 Å². The van der Waals surface area contributed by atoms with Crippen LogP contribution >= 0.6 is 0 Å². The van der Waals surface area contributed by atoms with E-state index < -0.39 is 5.97 Å². The maximum absolute atomic E-state index is 9.65. The molecule has 0 fully saturated rings. The van der Waals surface area contributed by atoms with Crippen LogP contribution in [0.2, 0.25) is 0 Å². The van der Waals surface area contributed by atoms with Crippen molar-refractivity contribution in [3.63, 3.8) is 0 Å². The van der Waals surface area contributed by atoms with Crippen molar-refractivity contribution in [3.8, 4) is 6.07 Å². The van der Waals surface area contributed by atoms with Crippen molar-refractivity contribution in [2.45, 2.75) is 0 Å². The summed E-state index contributed by atoms with van der Waals surface area (Å²) in [7, 11) is 0. The standard InChI is InChI=1S/C4H4N2O3/c5-1-2-9-6-3-4(7)8/h3H,2H2,(H,7,8)/b6-3-. The summed E-state index contributed by atoms with van der Waals surface area (Å²) >= 11 is 0. The van der Waals surface area contributed by atoms with Crippen molar-refractivity contribution < 1.29 is 14.7 Å². The minimum Gasteiger partial charge on any atom is -0.477 e. The Morgan fingerprint density at radius 1 is 2.00 bits per heavy atom. The molecule has 0 aliphatic heterocycles. The zero-order valence-corrected chi connectivity index (χ0v) is 4.44. The second-order valence-electron chi connectivity index (χ2n) is 1.00. The Hall–Kier alpha value is -1.57. The molecule has 0 unspecified atom stereocenters. The van der Waals surface area contributed by atoms with Crippen LogP contribution in [-0.2, 0) is 9.63 Å². The van der Waals surface area contributed by atoms with Crippen LogP contribution in [0.3, 0.4) is 0 Å². The number of nitrogens with zero attached hydrogens (tertiary/aromatic N) is 2. The fourth-order valence-electron chi connectivity index (χ4n) is 0.148. The van der Waals surface area contributed by atoms with Crippen LogP contribution in [0.5, 0.6) is 0 Å². The van der Waals surface area contributed by atoms with E-state index in [-0.39, 0.29) is 6.61 Å². The fraction of sp³-hybridized carbons (Fsp3) is 0.250. The normalized spacial score (nSPS) is 8.78. The number of nitriles is 1. The number of carboxylic acids is 1. The lowest BCUT2D eigenvalue weighted by Crippen LogP contribution is -1.95. The van der Waals surface area contributed by atoms with E-state index >= 15 is 0 Å². The molecule has 0 aliphatic rings. The molecule has 0 spiro atoms. The number of aliphatic carboxylic acids is 1. The monoisotopic (exact) mass is 128 g/mol. The van der Waals surface area contributed by atoms with Gasteiger partial charge in [-0.05, 0) is 0 Å². The molecule has 0 bridgehead atoms. The van der Waals surface area contributed by atoms with Crippen molar-refractivity contribution in [1.82, 2.24) is 0 Å². The van der Waals surface area contributed by atoms with Crippen LogP contribution in [0, 0.1) is 11.3 Å². The van der Waals surface area contributed by atoms with E-state index in [4.69, 9.17) is 10.4 Å². The second kappa shape index (κ2) is 4.59. The highest BCUT2D eigenvalue weighted by atomic mass is 16.6. The predicted octanol–water partition coefficient (Wildman–Crippen LogP) is -0.403. The third kappa shape index (κ3) is 6.43. The van der Waals surface area contributed by atoms with Gasteiger partial charge in [0.05, 0.1) is 0 Å². The van der Waals surface area contributed by atoms with E-state index in [1.807, 2.05) is 0 Å². The minimum atomic E-state index is -1.20. The predicted molar refractivity (Wildman–Crippen MR) is 27.7 cm³/mol. The number of oxime groups is 1. The van der Waals surface area contributed by atoms with Gasteiger partial charge in [0.15, 0.2) is 6.21 Å². The van der Waals surface area contributed by atoms with E-state index in [2.05, 4.69) is 9.99 Å². The van der Waals surface area contributed by atoms with Crippen molar-refractivity contribution >= 4 is 12.2 Å². The highest BCUT2D eigenvalue weighted by Crippen LogP contribution is 1.69. The first kappa shape index (κ1) is 7.43. The van der Waals surface area contributed by atoms with Crippen LogP contribution in [0.25, 0.3) is 0 Å². The number of hydrogen-bond acceptors (Lipinski definition) is 4. The molecule has 0 aromatic heterocycles. The SMILES string of the molecule is N#CCO/N=C\C(=O)O. The van der Waals surface area contributed by atoms with Crippen molar-refractivity contribution in [2.24, 2.45) is 5.16 Å². The average Bonchev–Trinajstić information content (AvgIpc) is 1.80. The Kier molecular flexibility index (Phi) is 3.79. The van der Waals surface area contributed by atoms with Gasteiger partial charge in [-0.15, -0.1) is 0 Å². The molecule has 0 heterocycles. The smallest absolute Gasteiger partial charge is 0.350 e. The zero-order chi connectivity index (χ0) is 7.11. The molecule has 0 rings (SSSR count). The molecule has 0 saturated carbocycles. The maximum Gasteiger partial charge on any atom is 0.350 e. The Morgan fingerprint density at radius 3 is 3.11 bits per heavy atom. The molecular formula is C4H4N2O3. The van der Waals surface area contributed by atoms with Gasteiger partial charge in [0, 0.05) is 0 Å². The lowest BCUT2D eigenvalue weighted by Gasteiger charge is -1.83. The third-order valence-electron chi connectivity index (χ3n) is 0.367. The van der Waals surface area contributed by atoms with Crippen molar-refractivity contribution in [1.29, 1.82) is 5.26 Å². The first-order chi connectivity index (χ1) is 4.27. The number of rotatable bonds is 3. The van der Waals surface area contributed by atoms with E-state index in [1.54, 1.807) is 6.07 Å². The summed E-state index contributed by atoms with van der Waals surface area (Å²) in [5.74, 6) is -1.20. The van der Waals surface area contributed by atoms with Crippen molar-refractivity contribution in [2.75, 3.05) is 6.61 Å². The fourth-order valence-corrected chi connectivity index (χ4v) is 0.148. The summed E-state index contributed by atoms with van der Waals surface area (Å²) in [6.07, 6.45) is 0.567. The van der Waals surface area contributed by atoms with Gasteiger partial charge in [-0.25, -0.2) is 4.79 Å². The summed E-state index contributed by atoms with van der Waals surface area (Å²) in [6.45, 7) is -0.232. The first-order valence-electron chi connectivity index (χ1n) is 2.02. The third-order valence-corrected chi connectivity index (χ3v) is 0.367. The van der Waals surface area contributed by atoms with E-state index in [0.717, 1.165) is 0 Å². The van der Waals surface area contributed by atoms with Gasteiger partial charge in [-0.2, -0.15) is 5.26 Å². The van der Waals surface area contributed by atoms with Gasteiger partial charge in [0.2, 0.25) is 6.61 Å². The average molecular weight is 128 g/mol.